The zero-order chi connectivity index (χ0) is 14.5. The topological polar surface area (TPSA) is 24.9 Å². The minimum Gasteiger partial charge on any atom is -0.306 e. The summed E-state index contributed by atoms with van der Waals surface area (Å²) in [6.45, 7) is 4.87. The largest absolute Gasteiger partial charge is 0.306 e. The number of nitrogens with one attached hydrogen (secondary N) is 1. The van der Waals surface area contributed by atoms with Crippen molar-refractivity contribution < 1.29 is 4.39 Å². The third kappa shape index (κ3) is 3.25. The van der Waals surface area contributed by atoms with Crippen LogP contribution in [0.25, 0.3) is 0 Å². The molecule has 1 aromatic heterocycles. The third-order valence-electron chi connectivity index (χ3n) is 3.31. The molecule has 0 saturated heterocycles. The van der Waals surface area contributed by atoms with Crippen LogP contribution in [-0.4, -0.2) is 11.5 Å². The van der Waals surface area contributed by atoms with Crippen molar-refractivity contribution in [1.29, 1.82) is 0 Å². The van der Waals surface area contributed by atoms with Gasteiger partial charge in [0.1, 0.15) is 5.82 Å². The molecule has 1 heterocycles. The van der Waals surface area contributed by atoms with Gasteiger partial charge in [-0.1, -0.05) is 29.8 Å². The van der Waals surface area contributed by atoms with Crippen LogP contribution in [0.3, 0.4) is 0 Å². The maximum absolute atomic E-state index is 14.2. The standard InChI is InChI=1S/C16H18BrFN2/c1-3-11-10-19-8-7-13(11)16(20-4-2)14-9-12(17)5-6-15(14)18/h5-10,16,20H,3-4H2,1-2H3. The lowest BCUT2D eigenvalue weighted by Crippen LogP contribution is -2.24. The van der Waals surface area contributed by atoms with Crippen molar-refractivity contribution in [2.75, 3.05) is 6.54 Å². The molecule has 106 valence electrons. The number of halogens is 2. The molecule has 0 aliphatic rings. The number of benzene rings is 1. The molecule has 2 aromatic rings. The molecule has 0 aliphatic heterocycles. The second-order valence-electron chi connectivity index (χ2n) is 4.58. The predicted octanol–water partition coefficient (Wildman–Crippen LogP) is 4.24. The van der Waals surface area contributed by atoms with Gasteiger partial charge in [-0.15, -0.1) is 0 Å². The van der Waals surface area contributed by atoms with E-state index in [4.69, 9.17) is 0 Å². The number of hydrogen-bond donors (Lipinski definition) is 1. The number of rotatable bonds is 5. The molecule has 2 rings (SSSR count). The SMILES string of the molecule is CCNC(c1cc(Br)ccc1F)c1ccncc1CC. The second-order valence-corrected chi connectivity index (χ2v) is 5.50. The number of aryl methyl sites for hydroxylation is 1. The van der Waals surface area contributed by atoms with Gasteiger partial charge < -0.3 is 5.32 Å². The van der Waals surface area contributed by atoms with E-state index >= 15 is 0 Å². The van der Waals surface area contributed by atoms with E-state index in [0.29, 0.717) is 5.56 Å². The highest BCUT2D eigenvalue weighted by molar-refractivity contribution is 9.10. The Bertz CT molecular complexity index is 586. The molecule has 1 aromatic carbocycles. The van der Waals surface area contributed by atoms with Crippen LogP contribution in [-0.2, 0) is 6.42 Å². The molecule has 0 fully saturated rings. The van der Waals surface area contributed by atoms with Gasteiger partial charge in [0.2, 0.25) is 0 Å². The van der Waals surface area contributed by atoms with Gasteiger partial charge in [-0.05, 0) is 48.4 Å². The normalized spacial score (nSPS) is 12.4. The zero-order valence-electron chi connectivity index (χ0n) is 11.7. The minimum atomic E-state index is -0.196. The van der Waals surface area contributed by atoms with Crippen LogP contribution in [0.4, 0.5) is 4.39 Å². The summed E-state index contributed by atoms with van der Waals surface area (Å²) in [6.07, 6.45) is 4.49. The van der Waals surface area contributed by atoms with Gasteiger partial charge in [0, 0.05) is 22.4 Å². The molecule has 1 N–H and O–H groups in total. The summed E-state index contributed by atoms with van der Waals surface area (Å²) in [5.41, 5.74) is 2.88. The van der Waals surface area contributed by atoms with Gasteiger partial charge in [-0.3, -0.25) is 4.98 Å². The Balaban J connectivity index is 2.53. The van der Waals surface area contributed by atoms with Gasteiger partial charge in [0.15, 0.2) is 0 Å². The first-order valence-corrected chi connectivity index (χ1v) is 7.57. The van der Waals surface area contributed by atoms with Crippen LogP contribution in [0.5, 0.6) is 0 Å². The fraction of sp³-hybridized carbons (Fsp3) is 0.312. The summed E-state index contributed by atoms with van der Waals surface area (Å²) in [5.74, 6) is -0.196. The Morgan fingerprint density at radius 3 is 2.75 bits per heavy atom. The van der Waals surface area contributed by atoms with E-state index in [0.717, 1.165) is 28.6 Å². The maximum atomic E-state index is 14.2. The summed E-state index contributed by atoms with van der Waals surface area (Å²) in [7, 11) is 0. The molecule has 2 nitrogen and oxygen atoms in total. The molecule has 0 spiro atoms. The Morgan fingerprint density at radius 1 is 1.25 bits per heavy atom. The molecule has 0 saturated carbocycles. The second kappa shape index (κ2) is 6.95. The molecule has 0 bridgehead atoms. The van der Waals surface area contributed by atoms with E-state index in [1.807, 2.05) is 25.3 Å². The molecule has 1 unspecified atom stereocenters. The quantitative estimate of drug-likeness (QED) is 0.883. The van der Waals surface area contributed by atoms with E-state index < -0.39 is 0 Å². The van der Waals surface area contributed by atoms with E-state index in [9.17, 15) is 4.39 Å². The molecule has 20 heavy (non-hydrogen) atoms. The number of aromatic nitrogens is 1. The van der Waals surface area contributed by atoms with E-state index in [2.05, 4.69) is 33.2 Å². The first-order valence-electron chi connectivity index (χ1n) is 6.78. The van der Waals surface area contributed by atoms with Crippen molar-refractivity contribution in [3.8, 4) is 0 Å². The molecule has 0 radical (unpaired) electrons. The first kappa shape index (κ1) is 15.1. The van der Waals surface area contributed by atoms with E-state index in [1.165, 1.54) is 6.07 Å². The van der Waals surface area contributed by atoms with Gasteiger partial charge >= 0.3 is 0 Å². The summed E-state index contributed by atoms with van der Waals surface area (Å²) in [4.78, 5) is 4.16. The maximum Gasteiger partial charge on any atom is 0.128 e. The molecular formula is C16H18BrFN2. The zero-order valence-corrected chi connectivity index (χ0v) is 13.2. The van der Waals surface area contributed by atoms with Crippen molar-refractivity contribution >= 4 is 15.9 Å². The Morgan fingerprint density at radius 2 is 2.05 bits per heavy atom. The molecule has 4 heteroatoms. The highest BCUT2D eigenvalue weighted by Gasteiger charge is 2.19. The Kier molecular flexibility index (Phi) is 5.26. The monoisotopic (exact) mass is 336 g/mol. The summed E-state index contributed by atoms with van der Waals surface area (Å²) < 4.78 is 15.1. The lowest BCUT2D eigenvalue weighted by Gasteiger charge is -2.22. The van der Waals surface area contributed by atoms with Crippen molar-refractivity contribution in [3.05, 3.63) is 63.6 Å². The van der Waals surface area contributed by atoms with Crippen molar-refractivity contribution in [2.45, 2.75) is 26.3 Å². The molecular weight excluding hydrogens is 319 g/mol. The van der Waals surface area contributed by atoms with Gasteiger partial charge in [-0.2, -0.15) is 0 Å². The minimum absolute atomic E-state index is 0.157. The van der Waals surface area contributed by atoms with Crippen molar-refractivity contribution in [2.24, 2.45) is 0 Å². The van der Waals surface area contributed by atoms with Crippen LogP contribution in [0.15, 0.2) is 41.1 Å². The number of pyridine rings is 1. The highest BCUT2D eigenvalue weighted by atomic mass is 79.9. The predicted molar refractivity (Wildman–Crippen MR) is 83.2 cm³/mol. The average molecular weight is 337 g/mol. The Labute approximate surface area is 127 Å². The van der Waals surface area contributed by atoms with Gasteiger partial charge in [-0.25, -0.2) is 4.39 Å². The summed E-state index contributed by atoms with van der Waals surface area (Å²) in [6, 6.07) is 6.86. The smallest absolute Gasteiger partial charge is 0.128 e. The van der Waals surface area contributed by atoms with Crippen LogP contribution in [0.2, 0.25) is 0 Å². The third-order valence-corrected chi connectivity index (χ3v) is 3.80. The van der Waals surface area contributed by atoms with Crippen molar-refractivity contribution in [1.82, 2.24) is 10.3 Å². The molecule has 0 amide bonds. The first-order chi connectivity index (χ1) is 9.67. The van der Waals surface area contributed by atoms with Crippen LogP contribution >= 0.6 is 15.9 Å². The summed E-state index contributed by atoms with van der Waals surface area (Å²) in [5, 5.41) is 3.37. The van der Waals surface area contributed by atoms with Gasteiger partial charge in [0.05, 0.1) is 6.04 Å². The Hall–Kier alpha value is -1.26. The van der Waals surface area contributed by atoms with Crippen LogP contribution in [0, 0.1) is 5.82 Å². The highest BCUT2D eigenvalue weighted by Crippen LogP contribution is 2.29. The van der Waals surface area contributed by atoms with E-state index in [-0.39, 0.29) is 11.9 Å². The number of hydrogen-bond acceptors (Lipinski definition) is 2. The van der Waals surface area contributed by atoms with Crippen LogP contribution in [0.1, 0.15) is 36.6 Å². The fourth-order valence-corrected chi connectivity index (χ4v) is 2.72. The van der Waals surface area contributed by atoms with Crippen molar-refractivity contribution in [3.63, 3.8) is 0 Å². The average Bonchev–Trinajstić information content (AvgIpc) is 2.47. The lowest BCUT2D eigenvalue weighted by molar-refractivity contribution is 0.556. The molecule has 0 aliphatic carbocycles. The molecule has 1 atom stereocenters. The van der Waals surface area contributed by atoms with Gasteiger partial charge in [0.25, 0.3) is 0 Å². The van der Waals surface area contributed by atoms with E-state index in [1.54, 1.807) is 12.3 Å². The number of nitrogens with zero attached hydrogens (tertiary/aromatic N) is 1. The fourth-order valence-electron chi connectivity index (χ4n) is 2.34. The lowest BCUT2D eigenvalue weighted by atomic mass is 9.94. The summed E-state index contributed by atoms with van der Waals surface area (Å²) >= 11 is 3.42. The van der Waals surface area contributed by atoms with Crippen LogP contribution < -0.4 is 5.32 Å².